The third kappa shape index (κ3) is 6.61. The number of hydrogen-bond donors (Lipinski definition) is 1. The predicted molar refractivity (Wildman–Crippen MR) is 60.8 cm³/mol. The number of aliphatic hydroxyl groups is 1. The van der Waals surface area contributed by atoms with E-state index in [2.05, 4.69) is 6.58 Å². The van der Waals surface area contributed by atoms with Crippen LogP contribution in [0.5, 0.6) is 0 Å². The molecule has 0 spiro atoms. The minimum Gasteiger partial charge on any atom is -0.396 e. The fraction of sp³-hybridized carbons (Fsp3) is 0.500. The first-order chi connectivity index (χ1) is 6.63. The van der Waals surface area contributed by atoms with E-state index in [0.717, 1.165) is 5.57 Å². The molecule has 14 heavy (non-hydrogen) atoms. The monoisotopic (exact) mass is 200 g/mol. The Balaban J connectivity index is 0. The van der Waals surface area contributed by atoms with Crippen molar-refractivity contribution in [3.8, 4) is 0 Å². The van der Waals surface area contributed by atoms with Crippen LogP contribution in [0.3, 0.4) is 0 Å². The third-order valence-corrected chi connectivity index (χ3v) is 1.58. The Morgan fingerprint density at radius 3 is 2.21 bits per heavy atom. The Morgan fingerprint density at radius 2 is 1.93 bits per heavy atom. The van der Waals surface area contributed by atoms with Crippen LogP contribution >= 0.6 is 0 Å². The van der Waals surface area contributed by atoms with Crippen molar-refractivity contribution in [1.29, 1.82) is 0 Å². The maximum atomic E-state index is 12.7. The number of halogens is 1. The van der Waals surface area contributed by atoms with Crippen LogP contribution in [-0.2, 0) is 0 Å². The van der Waals surface area contributed by atoms with E-state index in [9.17, 15) is 4.39 Å². The van der Waals surface area contributed by atoms with Gasteiger partial charge in [0, 0.05) is 6.61 Å². The summed E-state index contributed by atoms with van der Waals surface area (Å²) >= 11 is 0. The molecule has 1 N–H and O–H groups in total. The molecule has 0 saturated carbocycles. The smallest absolute Gasteiger partial charge is 0.119 e. The molecule has 0 fully saturated rings. The van der Waals surface area contributed by atoms with E-state index in [-0.39, 0.29) is 6.61 Å². The molecule has 0 unspecified atom stereocenters. The lowest BCUT2D eigenvalue weighted by Crippen LogP contribution is -1.92. The van der Waals surface area contributed by atoms with E-state index in [0.29, 0.717) is 12.0 Å². The first kappa shape index (κ1) is 15.6. The zero-order chi connectivity index (χ0) is 11.6. The second-order valence-electron chi connectivity index (χ2n) is 2.54. The van der Waals surface area contributed by atoms with E-state index < -0.39 is 5.83 Å². The molecule has 0 amide bonds. The summed E-state index contributed by atoms with van der Waals surface area (Å²) in [5.41, 5.74) is 1.31. The van der Waals surface area contributed by atoms with Crippen LogP contribution < -0.4 is 0 Å². The van der Waals surface area contributed by atoms with Crippen LogP contribution in [0.1, 0.15) is 34.1 Å². The Kier molecular flexibility index (Phi) is 11.3. The molecule has 0 aromatic rings. The van der Waals surface area contributed by atoms with Gasteiger partial charge in [-0.3, -0.25) is 0 Å². The standard InChI is InChI=1S/C10H15FO.C2H6/c1-4-5-8(2)10(6-7-12)9(3)11;1-2/h4-5,12H,3,6-7H2,1-2H3;1-2H3/b5-4-,10-8-;. The Labute approximate surface area is 86.7 Å². The molecule has 0 heterocycles. The molecule has 1 nitrogen and oxygen atoms in total. The van der Waals surface area contributed by atoms with Crippen LogP contribution in [0.4, 0.5) is 4.39 Å². The Hall–Kier alpha value is -0.890. The fourth-order valence-electron chi connectivity index (χ4n) is 1.01. The molecule has 0 aromatic carbocycles. The molecule has 0 aliphatic rings. The maximum Gasteiger partial charge on any atom is 0.119 e. The molecule has 0 atom stereocenters. The van der Waals surface area contributed by atoms with Gasteiger partial charge in [-0.1, -0.05) is 32.6 Å². The zero-order valence-corrected chi connectivity index (χ0v) is 9.60. The van der Waals surface area contributed by atoms with Crippen LogP contribution in [0.15, 0.2) is 35.7 Å². The highest BCUT2D eigenvalue weighted by Crippen LogP contribution is 2.18. The lowest BCUT2D eigenvalue weighted by Gasteiger charge is -2.04. The molecule has 0 rings (SSSR count). The normalized spacial score (nSPS) is 11.9. The summed E-state index contributed by atoms with van der Waals surface area (Å²) in [6.45, 7) is 10.8. The maximum absolute atomic E-state index is 12.7. The number of allylic oxidation sites excluding steroid dienone is 4. The SMILES string of the molecule is C=C(F)/C(CCO)=C(C)\C=C/C.CC. The van der Waals surface area contributed by atoms with Crippen LogP contribution in [-0.4, -0.2) is 11.7 Å². The predicted octanol–water partition coefficient (Wildman–Crippen LogP) is 3.77. The van der Waals surface area contributed by atoms with Crippen molar-refractivity contribution >= 4 is 0 Å². The molecular weight excluding hydrogens is 179 g/mol. The second-order valence-corrected chi connectivity index (χ2v) is 2.54. The first-order valence-corrected chi connectivity index (χ1v) is 4.91. The number of aliphatic hydroxyl groups excluding tert-OH is 1. The summed E-state index contributed by atoms with van der Waals surface area (Å²) < 4.78 is 12.7. The number of rotatable bonds is 4. The topological polar surface area (TPSA) is 20.2 Å². The summed E-state index contributed by atoms with van der Waals surface area (Å²) in [7, 11) is 0. The van der Waals surface area contributed by atoms with E-state index in [1.165, 1.54) is 0 Å². The molecule has 0 saturated heterocycles. The van der Waals surface area contributed by atoms with Gasteiger partial charge in [0.25, 0.3) is 0 Å². The van der Waals surface area contributed by atoms with Gasteiger partial charge in [-0.2, -0.15) is 0 Å². The molecule has 0 bridgehead atoms. The first-order valence-electron chi connectivity index (χ1n) is 4.91. The van der Waals surface area contributed by atoms with Gasteiger partial charge in [0.15, 0.2) is 0 Å². The molecule has 0 radical (unpaired) electrons. The summed E-state index contributed by atoms with van der Waals surface area (Å²) in [5, 5.41) is 8.64. The fourth-order valence-corrected chi connectivity index (χ4v) is 1.01. The Bertz CT molecular complexity index is 214. The lowest BCUT2D eigenvalue weighted by molar-refractivity contribution is 0.298. The van der Waals surface area contributed by atoms with Gasteiger partial charge in [0.1, 0.15) is 5.83 Å². The summed E-state index contributed by atoms with van der Waals surface area (Å²) in [5.74, 6) is -0.459. The van der Waals surface area contributed by atoms with Gasteiger partial charge in [-0.05, 0) is 31.4 Å². The Morgan fingerprint density at radius 1 is 1.43 bits per heavy atom. The van der Waals surface area contributed by atoms with Crippen molar-refractivity contribution in [2.75, 3.05) is 6.61 Å². The summed E-state index contributed by atoms with van der Waals surface area (Å²) in [6, 6.07) is 0. The van der Waals surface area contributed by atoms with Crippen molar-refractivity contribution in [2.24, 2.45) is 0 Å². The highest BCUT2D eigenvalue weighted by Gasteiger charge is 2.03. The van der Waals surface area contributed by atoms with Gasteiger partial charge < -0.3 is 5.11 Å². The molecule has 82 valence electrons. The molecule has 0 aliphatic carbocycles. The minimum absolute atomic E-state index is 0.0484. The molecule has 0 aliphatic heterocycles. The van der Waals surface area contributed by atoms with Gasteiger partial charge in [-0.15, -0.1) is 0 Å². The quantitative estimate of drug-likeness (QED) is 0.685. The van der Waals surface area contributed by atoms with Gasteiger partial charge in [-0.25, -0.2) is 4.39 Å². The third-order valence-electron chi connectivity index (χ3n) is 1.58. The van der Waals surface area contributed by atoms with Crippen molar-refractivity contribution < 1.29 is 9.50 Å². The van der Waals surface area contributed by atoms with Crippen molar-refractivity contribution in [3.63, 3.8) is 0 Å². The van der Waals surface area contributed by atoms with Crippen LogP contribution in [0.25, 0.3) is 0 Å². The van der Waals surface area contributed by atoms with Gasteiger partial charge in [0.2, 0.25) is 0 Å². The molecular formula is C12H21FO. The zero-order valence-electron chi connectivity index (χ0n) is 9.60. The number of hydrogen-bond acceptors (Lipinski definition) is 1. The van der Waals surface area contributed by atoms with E-state index in [4.69, 9.17) is 5.11 Å². The van der Waals surface area contributed by atoms with Crippen LogP contribution in [0, 0.1) is 0 Å². The summed E-state index contributed by atoms with van der Waals surface area (Å²) in [4.78, 5) is 0. The van der Waals surface area contributed by atoms with Gasteiger partial charge >= 0.3 is 0 Å². The largest absolute Gasteiger partial charge is 0.396 e. The molecule has 2 heteroatoms. The highest BCUT2D eigenvalue weighted by atomic mass is 19.1. The average molecular weight is 200 g/mol. The second kappa shape index (κ2) is 10.2. The van der Waals surface area contributed by atoms with E-state index in [1.807, 2.05) is 26.8 Å². The average Bonchev–Trinajstić information content (AvgIpc) is 2.17. The van der Waals surface area contributed by atoms with Crippen molar-refractivity contribution in [3.05, 3.63) is 35.7 Å². The van der Waals surface area contributed by atoms with E-state index in [1.54, 1.807) is 13.0 Å². The minimum atomic E-state index is -0.459. The lowest BCUT2D eigenvalue weighted by atomic mass is 10.1. The van der Waals surface area contributed by atoms with Crippen LogP contribution in [0.2, 0.25) is 0 Å². The van der Waals surface area contributed by atoms with Gasteiger partial charge in [0.05, 0.1) is 0 Å². The highest BCUT2D eigenvalue weighted by molar-refractivity contribution is 5.34. The van der Waals surface area contributed by atoms with Crippen molar-refractivity contribution in [2.45, 2.75) is 34.1 Å². The van der Waals surface area contributed by atoms with E-state index >= 15 is 0 Å². The van der Waals surface area contributed by atoms with Crippen molar-refractivity contribution in [1.82, 2.24) is 0 Å². The summed E-state index contributed by atoms with van der Waals surface area (Å²) in [6.07, 6.45) is 3.96. The molecule has 0 aromatic heterocycles.